The summed E-state index contributed by atoms with van der Waals surface area (Å²) in [7, 11) is 0. The van der Waals surface area contributed by atoms with Crippen molar-refractivity contribution in [2.45, 2.75) is 72.6 Å². The Bertz CT molecular complexity index is 396. The number of rotatable bonds is 10. The van der Waals surface area contributed by atoms with Gasteiger partial charge in [-0.3, -0.25) is 9.59 Å². The van der Waals surface area contributed by atoms with Crippen LogP contribution in [-0.4, -0.2) is 35.5 Å². The number of nitrogens with one attached hydrogen (secondary N) is 1. The van der Waals surface area contributed by atoms with Crippen LogP contribution in [0.3, 0.4) is 0 Å². The highest BCUT2D eigenvalue weighted by Crippen LogP contribution is 2.15. The van der Waals surface area contributed by atoms with Gasteiger partial charge in [-0.25, -0.2) is 4.79 Å². The number of carboxylic acids is 1. The molecule has 0 saturated heterocycles. The number of carboxylic acid groups (broad SMARTS) is 1. The van der Waals surface area contributed by atoms with Crippen molar-refractivity contribution >= 4 is 18.0 Å². The van der Waals surface area contributed by atoms with Gasteiger partial charge in [0.25, 0.3) is 0 Å². The Morgan fingerprint density at radius 3 is 2.17 bits per heavy atom. The molecule has 0 aliphatic heterocycles. The topological polar surface area (TPSA) is 102 Å². The molecule has 0 aromatic heterocycles. The molecule has 1 amide bonds. The van der Waals surface area contributed by atoms with Crippen LogP contribution >= 0.6 is 0 Å². The van der Waals surface area contributed by atoms with Crippen LogP contribution in [0.5, 0.6) is 0 Å². The average molecular weight is 331 g/mol. The van der Waals surface area contributed by atoms with Crippen LogP contribution in [0.2, 0.25) is 0 Å². The Kier molecular flexibility index (Phi) is 10.0. The molecule has 134 valence electrons. The van der Waals surface area contributed by atoms with Gasteiger partial charge in [-0.05, 0) is 12.3 Å². The summed E-state index contributed by atoms with van der Waals surface area (Å²) in [4.78, 5) is 34.1. The highest BCUT2D eigenvalue weighted by Gasteiger charge is 2.22. The Hall–Kier alpha value is -1.79. The van der Waals surface area contributed by atoms with Gasteiger partial charge in [0, 0.05) is 13.0 Å². The van der Waals surface area contributed by atoms with Crippen molar-refractivity contribution in [2.24, 2.45) is 11.8 Å². The minimum Gasteiger partial charge on any atom is -0.481 e. The number of esters is 1. The lowest BCUT2D eigenvalue weighted by molar-refractivity contribution is -0.168. The molecule has 2 N–H and O–H groups in total. The Labute approximate surface area is 137 Å². The van der Waals surface area contributed by atoms with E-state index in [0.717, 1.165) is 12.8 Å². The molecule has 0 fully saturated rings. The monoisotopic (exact) mass is 331 g/mol. The van der Waals surface area contributed by atoms with Crippen molar-refractivity contribution < 1.29 is 29.0 Å². The van der Waals surface area contributed by atoms with Gasteiger partial charge in [0.05, 0.1) is 12.3 Å². The standard InChI is InChI=1S/C16H29NO6/c1-6-7-11(4)8-13(9-14(18)19)17-16(21)23-12(5)22-15(20)10(2)3/h10-13H,6-9H2,1-5H3,(H,17,21)(H,18,19)/t11-,12-,13+/m1/s1. The summed E-state index contributed by atoms with van der Waals surface area (Å²) in [6.45, 7) is 8.85. The SMILES string of the molecule is CCC[C@@H](C)C[C@@H](CC(=O)O)NC(=O)O[C@H](C)OC(=O)C(C)C. The normalized spacial score (nSPS) is 14.7. The van der Waals surface area contributed by atoms with Gasteiger partial charge < -0.3 is 19.9 Å². The summed E-state index contributed by atoms with van der Waals surface area (Å²) < 4.78 is 9.87. The molecule has 0 heterocycles. The lowest BCUT2D eigenvalue weighted by Gasteiger charge is -2.22. The quantitative estimate of drug-likeness (QED) is 0.471. The predicted molar refractivity (Wildman–Crippen MR) is 84.7 cm³/mol. The second kappa shape index (κ2) is 10.9. The van der Waals surface area contributed by atoms with Crippen molar-refractivity contribution in [3.63, 3.8) is 0 Å². The molecule has 0 spiro atoms. The van der Waals surface area contributed by atoms with Gasteiger partial charge in [-0.15, -0.1) is 0 Å². The predicted octanol–water partition coefficient (Wildman–Crippen LogP) is 2.93. The van der Waals surface area contributed by atoms with Gasteiger partial charge >= 0.3 is 18.0 Å². The molecular weight excluding hydrogens is 302 g/mol. The first-order chi connectivity index (χ1) is 10.6. The molecule has 7 heteroatoms. The molecule has 0 unspecified atom stereocenters. The van der Waals surface area contributed by atoms with Crippen LogP contribution in [0, 0.1) is 11.8 Å². The maximum Gasteiger partial charge on any atom is 0.410 e. The smallest absolute Gasteiger partial charge is 0.410 e. The van der Waals surface area contributed by atoms with E-state index in [2.05, 4.69) is 12.2 Å². The number of hydrogen-bond donors (Lipinski definition) is 2. The molecule has 7 nitrogen and oxygen atoms in total. The minimum atomic E-state index is -1.02. The van der Waals surface area contributed by atoms with E-state index < -0.39 is 30.4 Å². The third-order valence-electron chi connectivity index (χ3n) is 3.24. The number of carbonyl (C=O) groups excluding carboxylic acids is 2. The molecule has 3 atom stereocenters. The average Bonchev–Trinajstić information content (AvgIpc) is 2.36. The first-order valence-corrected chi connectivity index (χ1v) is 8.05. The first kappa shape index (κ1) is 21.2. The van der Waals surface area contributed by atoms with Crippen molar-refractivity contribution in [3.8, 4) is 0 Å². The maximum absolute atomic E-state index is 11.8. The summed E-state index contributed by atoms with van der Waals surface area (Å²) in [6.07, 6.45) is 0.508. The van der Waals surface area contributed by atoms with Gasteiger partial charge in [-0.1, -0.05) is 40.5 Å². The zero-order valence-electron chi connectivity index (χ0n) is 14.6. The van der Waals surface area contributed by atoms with Crippen molar-refractivity contribution in [1.29, 1.82) is 0 Å². The maximum atomic E-state index is 11.8. The van der Waals surface area contributed by atoms with Gasteiger partial charge in [0.15, 0.2) is 0 Å². The van der Waals surface area contributed by atoms with Crippen LogP contribution < -0.4 is 5.32 Å². The second-order valence-electron chi connectivity index (χ2n) is 6.13. The summed E-state index contributed by atoms with van der Waals surface area (Å²) in [5.41, 5.74) is 0. The molecule has 0 aromatic carbocycles. The highest BCUT2D eigenvalue weighted by atomic mass is 16.7. The zero-order chi connectivity index (χ0) is 18.0. The lowest BCUT2D eigenvalue weighted by Crippen LogP contribution is -2.40. The van der Waals surface area contributed by atoms with Crippen molar-refractivity contribution in [2.75, 3.05) is 0 Å². The molecule has 0 aliphatic rings. The highest BCUT2D eigenvalue weighted by molar-refractivity contribution is 5.73. The number of hydrogen-bond acceptors (Lipinski definition) is 5. The third-order valence-corrected chi connectivity index (χ3v) is 3.24. The van der Waals surface area contributed by atoms with E-state index in [1.807, 2.05) is 6.92 Å². The van der Waals surface area contributed by atoms with E-state index in [1.54, 1.807) is 13.8 Å². The van der Waals surface area contributed by atoms with Crippen LogP contribution in [0.1, 0.15) is 60.3 Å². The fourth-order valence-corrected chi connectivity index (χ4v) is 2.18. The van der Waals surface area contributed by atoms with E-state index in [0.29, 0.717) is 12.3 Å². The summed E-state index contributed by atoms with van der Waals surface area (Å²) >= 11 is 0. The minimum absolute atomic E-state index is 0.177. The van der Waals surface area contributed by atoms with Crippen LogP contribution in [0.4, 0.5) is 4.79 Å². The van der Waals surface area contributed by atoms with Crippen molar-refractivity contribution in [1.82, 2.24) is 5.32 Å². The lowest BCUT2D eigenvalue weighted by atomic mass is 9.95. The first-order valence-electron chi connectivity index (χ1n) is 8.05. The number of alkyl carbamates (subject to hydrolysis) is 1. The van der Waals surface area contributed by atoms with E-state index in [1.165, 1.54) is 6.92 Å². The number of carbonyl (C=O) groups is 3. The molecule has 0 rings (SSSR count). The van der Waals surface area contributed by atoms with Crippen molar-refractivity contribution in [3.05, 3.63) is 0 Å². The van der Waals surface area contributed by atoms with Crippen LogP contribution in [-0.2, 0) is 19.1 Å². The zero-order valence-corrected chi connectivity index (χ0v) is 14.6. The molecule has 0 saturated carbocycles. The van der Waals surface area contributed by atoms with E-state index in [4.69, 9.17) is 14.6 Å². The number of ether oxygens (including phenoxy) is 2. The van der Waals surface area contributed by atoms with Crippen LogP contribution in [0.25, 0.3) is 0 Å². The fourth-order valence-electron chi connectivity index (χ4n) is 2.18. The number of amides is 1. The Morgan fingerprint density at radius 1 is 1.09 bits per heavy atom. The van der Waals surface area contributed by atoms with Gasteiger partial charge in [0.1, 0.15) is 0 Å². The molecule has 0 aliphatic carbocycles. The molecule has 0 aromatic rings. The second-order valence-corrected chi connectivity index (χ2v) is 6.13. The molecule has 23 heavy (non-hydrogen) atoms. The molecule has 0 radical (unpaired) electrons. The Morgan fingerprint density at radius 2 is 1.70 bits per heavy atom. The summed E-state index contributed by atoms with van der Waals surface area (Å²) in [5, 5.41) is 11.5. The van der Waals surface area contributed by atoms with E-state index >= 15 is 0 Å². The largest absolute Gasteiger partial charge is 0.481 e. The molecule has 0 bridgehead atoms. The molecular formula is C16H29NO6. The van der Waals surface area contributed by atoms with E-state index in [9.17, 15) is 14.4 Å². The summed E-state index contributed by atoms with van der Waals surface area (Å²) in [6, 6.07) is -0.519. The summed E-state index contributed by atoms with van der Waals surface area (Å²) in [5.74, 6) is -1.48. The van der Waals surface area contributed by atoms with Gasteiger partial charge in [-0.2, -0.15) is 0 Å². The fraction of sp³-hybridized carbons (Fsp3) is 0.812. The number of aliphatic carboxylic acids is 1. The van der Waals surface area contributed by atoms with Crippen LogP contribution in [0.15, 0.2) is 0 Å². The third kappa shape index (κ3) is 10.5. The van der Waals surface area contributed by atoms with E-state index in [-0.39, 0.29) is 12.3 Å². The van der Waals surface area contributed by atoms with Gasteiger partial charge in [0.2, 0.25) is 6.29 Å². The Balaban J connectivity index is 4.46.